The molecule has 0 amide bonds. The van der Waals surface area contributed by atoms with Crippen molar-refractivity contribution in [2.75, 3.05) is 0 Å². The summed E-state index contributed by atoms with van der Waals surface area (Å²) in [6.07, 6.45) is 0. The van der Waals surface area contributed by atoms with Crippen LogP contribution in [0.15, 0.2) is 23.0 Å². The minimum absolute atomic E-state index is 0.0393. The molecule has 0 fully saturated rings. The molecule has 0 saturated heterocycles. The molecule has 2 rings (SSSR count). The lowest BCUT2D eigenvalue weighted by atomic mass is 10.1. The zero-order chi connectivity index (χ0) is 11.9. The molecule has 0 aliphatic carbocycles. The van der Waals surface area contributed by atoms with Crippen LogP contribution in [0.1, 0.15) is 31.0 Å². The summed E-state index contributed by atoms with van der Waals surface area (Å²) in [6, 6.07) is 5.35. The first-order chi connectivity index (χ1) is 7.50. The van der Waals surface area contributed by atoms with Crippen molar-refractivity contribution < 1.29 is 0 Å². The number of hydrogen-bond acceptors (Lipinski definition) is 1. The van der Waals surface area contributed by atoms with Crippen LogP contribution in [0.5, 0.6) is 0 Å². The lowest BCUT2D eigenvalue weighted by molar-refractivity contribution is 0.828. The summed E-state index contributed by atoms with van der Waals surface area (Å²) in [5.74, 6) is 0.286. The van der Waals surface area contributed by atoms with E-state index in [0.717, 1.165) is 16.8 Å². The fourth-order valence-corrected chi connectivity index (χ4v) is 2.03. The van der Waals surface area contributed by atoms with Crippen molar-refractivity contribution in [3.8, 4) is 0 Å². The van der Waals surface area contributed by atoms with Crippen molar-refractivity contribution >= 4 is 22.5 Å². The van der Waals surface area contributed by atoms with Crippen LogP contribution in [-0.2, 0) is 0 Å². The average Bonchev–Trinajstić information content (AvgIpc) is 2.22. The summed E-state index contributed by atoms with van der Waals surface area (Å²) in [4.78, 5) is 15.2. The molecule has 1 heterocycles. The molecule has 84 valence electrons. The Morgan fingerprint density at radius 2 is 2.00 bits per heavy atom. The van der Waals surface area contributed by atoms with Gasteiger partial charge in [0.15, 0.2) is 5.43 Å². The van der Waals surface area contributed by atoms with Crippen molar-refractivity contribution in [1.82, 2.24) is 4.98 Å². The van der Waals surface area contributed by atoms with E-state index in [4.69, 9.17) is 11.6 Å². The van der Waals surface area contributed by atoms with Gasteiger partial charge in [0.05, 0.1) is 10.5 Å². The molecule has 0 atom stereocenters. The third-order valence-corrected chi connectivity index (χ3v) is 3.10. The molecular weight excluding hydrogens is 222 g/mol. The molecule has 0 aliphatic heterocycles. The second kappa shape index (κ2) is 3.95. The summed E-state index contributed by atoms with van der Waals surface area (Å²) >= 11 is 6.11. The molecule has 2 aromatic rings. The molecule has 0 bridgehead atoms. The van der Waals surface area contributed by atoms with Gasteiger partial charge in [0.2, 0.25) is 0 Å². The fraction of sp³-hybridized carbons (Fsp3) is 0.308. The summed E-state index contributed by atoms with van der Waals surface area (Å²) in [6.45, 7) is 6.00. The van der Waals surface area contributed by atoms with Gasteiger partial charge >= 0.3 is 0 Å². The van der Waals surface area contributed by atoms with Gasteiger partial charge < -0.3 is 4.98 Å². The van der Waals surface area contributed by atoms with E-state index in [1.807, 2.05) is 32.9 Å². The van der Waals surface area contributed by atoms with E-state index in [0.29, 0.717) is 10.4 Å². The lowest BCUT2D eigenvalue weighted by Gasteiger charge is -2.09. The molecular formula is C13H14ClNO. The van der Waals surface area contributed by atoms with Crippen LogP contribution in [-0.4, -0.2) is 4.98 Å². The van der Waals surface area contributed by atoms with Crippen LogP contribution in [0.25, 0.3) is 10.9 Å². The Hall–Kier alpha value is -1.28. The smallest absolute Gasteiger partial charge is 0.189 e. The highest BCUT2D eigenvalue weighted by molar-refractivity contribution is 6.35. The normalized spacial score (nSPS) is 11.3. The molecule has 0 radical (unpaired) electrons. The fourth-order valence-electron chi connectivity index (χ4n) is 1.83. The van der Waals surface area contributed by atoms with Gasteiger partial charge in [-0.15, -0.1) is 0 Å². The van der Waals surface area contributed by atoms with Crippen LogP contribution in [0, 0.1) is 6.92 Å². The van der Waals surface area contributed by atoms with Gasteiger partial charge in [-0.1, -0.05) is 31.5 Å². The van der Waals surface area contributed by atoms with E-state index in [1.54, 1.807) is 6.07 Å². The van der Waals surface area contributed by atoms with Crippen LogP contribution in [0.4, 0.5) is 0 Å². The maximum absolute atomic E-state index is 12.0. The van der Waals surface area contributed by atoms with Crippen molar-refractivity contribution in [2.24, 2.45) is 0 Å². The number of H-pyrrole nitrogens is 1. The highest BCUT2D eigenvalue weighted by Crippen LogP contribution is 2.23. The van der Waals surface area contributed by atoms with Gasteiger partial charge in [-0.05, 0) is 24.5 Å². The van der Waals surface area contributed by atoms with E-state index in [-0.39, 0.29) is 11.3 Å². The highest BCUT2D eigenvalue weighted by Gasteiger charge is 2.09. The number of hydrogen-bond donors (Lipinski definition) is 1. The number of pyridine rings is 1. The largest absolute Gasteiger partial charge is 0.357 e. The molecule has 1 aromatic carbocycles. The van der Waals surface area contributed by atoms with E-state index < -0.39 is 0 Å². The minimum Gasteiger partial charge on any atom is -0.357 e. The summed E-state index contributed by atoms with van der Waals surface area (Å²) in [5.41, 5.74) is 2.66. The van der Waals surface area contributed by atoms with Crippen LogP contribution >= 0.6 is 11.6 Å². The Bertz CT molecular complexity index is 599. The highest BCUT2D eigenvalue weighted by atomic mass is 35.5. The third-order valence-electron chi connectivity index (χ3n) is 2.79. The van der Waals surface area contributed by atoms with E-state index in [1.165, 1.54) is 0 Å². The molecule has 3 heteroatoms. The second-order valence-corrected chi connectivity index (χ2v) is 4.77. The zero-order valence-electron chi connectivity index (χ0n) is 9.60. The zero-order valence-corrected chi connectivity index (χ0v) is 10.4. The number of halogens is 1. The van der Waals surface area contributed by atoms with Gasteiger partial charge in [0.1, 0.15) is 0 Å². The Morgan fingerprint density at radius 3 is 2.62 bits per heavy atom. The maximum atomic E-state index is 12.0. The SMILES string of the molecule is Cc1ccc(Cl)c2[nH]c(C(C)C)cc(=O)c12. The summed E-state index contributed by atoms with van der Waals surface area (Å²) in [7, 11) is 0. The van der Waals surface area contributed by atoms with Gasteiger partial charge in [0, 0.05) is 17.1 Å². The monoisotopic (exact) mass is 235 g/mol. The minimum atomic E-state index is 0.0393. The predicted octanol–water partition coefficient (Wildman–Crippen LogP) is 3.61. The van der Waals surface area contributed by atoms with Crippen molar-refractivity contribution in [2.45, 2.75) is 26.7 Å². The summed E-state index contributed by atoms with van der Waals surface area (Å²) < 4.78 is 0. The Balaban J connectivity index is 2.92. The van der Waals surface area contributed by atoms with Gasteiger partial charge in [-0.3, -0.25) is 4.79 Å². The first-order valence-electron chi connectivity index (χ1n) is 5.32. The predicted molar refractivity (Wildman–Crippen MR) is 68.4 cm³/mol. The Morgan fingerprint density at radius 1 is 1.31 bits per heavy atom. The third kappa shape index (κ3) is 1.74. The molecule has 2 nitrogen and oxygen atoms in total. The maximum Gasteiger partial charge on any atom is 0.189 e. The second-order valence-electron chi connectivity index (χ2n) is 4.36. The van der Waals surface area contributed by atoms with Crippen LogP contribution in [0.3, 0.4) is 0 Å². The molecule has 0 unspecified atom stereocenters. The van der Waals surface area contributed by atoms with Gasteiger partial charge in [-0.2, -0.15) is 0 Å². The van der Waals surface area contributed by atoms with E-state index in [9.17, 15) is 4.79 Å². The number of rotatable bonds is 1. The van der Waals surface area contributed by atoms with Gasteiger partial charge in [-0.25, -0.2) is 0 Å². The quantitative estimate of drug-likeness (QED) is 0.805. The first-order valence-corrected chi connectivity index (χ1v) is 5.70. The first kappa shape index (κ1) is 11.2. The lowest BCUT2D eigenvalue weighted by Crippen LogP contribution is -2.07. The average molecular weight is 236 g/mol. The number of aromatic amines is 1. The topological polar surface area (TPSA) is 32.9 Å². The molecule has 0 spiro atoms. The van der Waals surface area contributed by atoms with Crippen molar-refractivity contribution in [1.29, 1.82) is 0 Å². The molecule has 0 aliphatic rings. The van der Waals surface area contributed by atoms with E-state index in [2.05, 4.69) is 4.98 Å². The number of benzene rings is 1. The number of aromatic nitrogens is 1. The summed E-state index contributed by atoms with van der Waals surface area (Å²) in [5, 5.41) is 1.29. The Kier molecular flexibility index (Phi) is 2.76. The molecule has 1 aromatic heterocycles. The van der Waals surface area contributed by atoms with E-state index >= 15 is 0 Å². The number of aryl methyl sites for hydroxylation is 1. The molecule has 1 N–H and O–H groups in total. The van der Waals surface area contributed by atoms with Crippen LogP contribution < -0.4 is 5.43 Å². The van der Waals surface area contributed by atoms with Crippen LogP contribution in [0.2, 0.25) is 5.02 Å². The standard InChI is InChI=1S/C13H14ClNO/c1-7(2)10-6-11(16)12-8(3)4-5-9(14)13(12)15-10/h4-7H,1-3H3,(H,15,16). The Labute approximate surface area is 99.3 Å². The van der Waals surface area contributed by atoms with Gasteiger partial charge in [0.25, 0.3) is 0 Å². The number of fused-ring (bicyclic) bond motifs is 1. The van der Waals surface area contributed by atoms with Crippen molar-refractivity contribution in [3.05, 3.63) is 44.7 Å². The molecule has 0 saturated carbocycles. The number of nitrogens with one attached hydrogen (secondary N) is 1. The molecule has 16 heavy (non-hydrogen) atoms. The van der Waals surface area contributed by atoms with Crippen molar-refractivity contribution in [3.63, 3.8) is 0 Å².